The molecule has 3 nitrogen and oxygen atoms in total. The molecule has 0 unspecified atom stereocenters. The van der Waals surface area contributed by atoms with Crippen molar-refractivity contribution in [1.29, 1.82) is 0 Å². The van der Waals surface area contributed by atoms with Crippen LogP contribution >= 0.6 is 0 Å². The third-order valence-corrected chi connectivity index (χ3v) is 3.16. The van der Waals surface area contributed by atoms with Crippen LogP contribution in [0.2, 0.25) is 0 Å². The molecule has 0 saturated heterocycles. The average molecular weight is 256 g/mol. The first-order valence-electron chi connectivity index (χ1n) is 6.06. The van der Waals surface area contributed by atoms with Crippen molar-refractivity contribution < 1.29 is 9.50 Å². The topological polar surface area (TPSA) is 38.1 Å². The summed E-state index contributed by atoms with van der Waals surface area (Å²) in [6.07, 6.45) is 1.64. The minimum atomic E-state index is -0.394. The van der Waals surface area contributed by atoms with Gasteiger partial charge in [-0.15, -0.1) is 0 Å². The standard InChI is InChI=1S/C15H13FN2O/c16-14-6-12-8-17-18(15(12)7-13(14)10-19)9-11-4-2-1-3-5-11/h1-8,19H,9-10H2. The largest absolute Gasteiger partial charge is 0.392 e. The van der Waals surface area contributed by atoms with Gasteiger partial charge in [0.25, 0.3) is 0 Å². The molecule has 3 aromatic rings. The molecule has 4 heteroatoms. The third-order valence-electron chi connectivity index (χ3n) is 3.16. The van der Waals surface area contributed by atoms with Gasteiger partial charge in [0.05, 0.1) is 24.9 Å². The maximum absolute atomic E-state index is 13.6. The van der Waals surface area contributed by atoms with Gasteiger partial charge in [0.1, 0.15) is 5.82 Å². The molecular formula is C15H13FN2O. The molecule has 0 fully saturated rings. The average Bonchev–Trinajstić information content (AvgIpc) is 2.81. The molecule has 0 bridgehead atoms. The second-order valence-corrected chi connectivity index (χ2v) is 4.45. The molecule has 0 atom stereocenters. The molecule has 1 aromatic heterocycles. The number of hydrogen-bond acceptors (Lipinski definition) is 2. The normalized spacial score (nSPS) is 11.1. The van der Waals surface area contributed by atoms with Crippen LogP contribution in [0.15, 0.2) is 48.7 Å². The maximum Gasteiger partial charge on any atom is 0.129 e. The van der Waals surface area contributed by atoms with Crippen LogP contribution < -0.4 is 0 Å². The van der Waals surface area contributed by atoms with Crippen molar-refractivity contribution in [3.8, 4) is 0 Å². The Morgan fingerprint density at radius 2 is 1.95 bits per heavy atom. The number of aromatic nitrogens is 2. The molecule has 1 heterocycles. The van der Waals surface area contributed by atoms with Crippen molar-refractivity contribution in [3.63, 3.8) is 0 Å². The number of nitrogens with zero attached hydrogens (tertiary/aromatic N) is 2. The lowest BCUT2D eigenvalue weighted by Gasteiger charge is -2.05. The minimum Gasteiger partial charge on any atom is -0.392 e. The van der Waals surface area contributed by atoms with E-state index in [1.54, 1.807) is 12.3 Å². The van der Waals surface area contributed by atoms with Crippen LogP contribution in [0.3, 0.4) is 0 Å². The van der Waals surface area contributed by atoms with Crippen molar-refractivity contribution in [3.05, 3.63) is 65.6 Å². The summed E-state index contributed by atoms with van der Waals surface area (Å²) in [5, 5.41) is 14.1. The Morgan fingerprint density at radius 3 is 2.68 bits per heavy atom. The van der Waals surface area contributed by atoms with Gasteiger partial charge in [-0.1, -0.05) is 30.3 Å². The van der Waals surface area contributed by atoms with Crippen LogP contribution in [-0.2, 0) is 13.2 Å². The van der Waals surface area contributed by atoms with Crippen molar-refractivity contribution in [1.82, 2.24) is 9.78 Å². The van der Waals surface area contributed by atoms with E-state index in [1.165, 1.54) is 6.07 Å². The lowest BCUT2D eigenvalue weighted by molar-refractivity contribution is 0.276. The molecule has 0 radical (unpaired) electrons. The monoisotopic (exact) mass is 256 g/mol. The van der Waals surface area contributed by atoms with Gasteiger partial charge in [-0.3, -0.25) is 4.68 Å². The fraction of sp³-hybridized carbons (Fsp3) is 0.133. The number of rotatable bonds is 3. The van der Waals surface area contributed by atoms with Crippen LogP contribution in [0.25, 0.3) is 10.9 Å². The van der Waals surface area contributed by atoms with Crippen LogP contribution in [0, 0.1) is 5.82 Å². The first-order valence-corrected chi connectivity index (χ1v) is 6.06. The van der Waals surface area contributed by atoms with E-state index in [-0.39, 0.29) is 6.61 Å². The SMILES string of the molecule is OCc1cc2c(cnn2Cc2ccccc2)cc1F. The van der Waals surface area contributed by atoms with E-state index >= 15 is 0 Å². The first kappa shape index (κ1) is 11.9. The second kappa shape index (κ2) is 4.82. The number of aliphatic hydroxyl groups excluding tert-OH is 1. The van der Waals surface area contributed by atoms with Crippen LogP contribution in [0.5, 0.6) is 0 Å². The summed E-state index contributed by atoms with van der Waals surface area (Å²) < 4.78 is 15.4. The fourth-order valence-electron chi connectivity index (χ4n) is 2.15. The van der Waals surface area contributed by atoms with Crippen LogP contribution in [0.1, 0.15) is 11.1 Å². The molecule has 96 valence electrons. The summed E-state index contributed by atoms with van der Waals surface area (Å²) >= 11 is 0. The van der Waals surface area contributed by atoms with Gasteiger partial charge in [0.15, 0.2) is 0 Å². The fourth-order valence-corrected chi connectivity index (χ4v) is 2.15. The summed E-state index contributed by atoms with van der Waals surface area (Å²) in [6, 6.07) is 13.0. The minimum absolute atomic E-state index is 0.294. The lowest BCUT2D eigenvalue weighted by atomic mass is 10.1. The Bertz CT molecular complexity index is 707. The van der Waals surface area contributed by atoms with E-state index in [0.717, 1.165) is 16.5 Å². The predicted molar refractivity (Wildman–Crippen MR) is 71.2 cm³/mol. The molecule has 0 aliphatic heterocycles. The summed E-state index contributed by atoms with van der Waals surface area (Å²) in [5.74, 6) is -0.394. The molecule has 2 aromatic carbocycles. The highest BCUT2D eigenvalue weighted by Crippen LogP contribution is 2.20. The predicted octanol–water partition coefficient (Wildman–Crippen LogP) is 2.72. The highest BCUT2D eigenvalue weighted by atomic mass is 19.1. The van der Waals surface area contributed by atoms with Gasteiger partial charge in [0, 0.05) is 10.9 Å². The van der Waals surface area contributed by atoms with E-state index in [2.05, 4.69) is 5.10 Å². The Balaban J connectivity index is 2.05. The second-order valence-electron chi connectivity index (χ2n) is 4.45. The maximum atomic E-state index is 13.6. The molecule has 19 heavy (non-hydrogen) atoms. The van der Waals surface area contributed by atoms with Gasteiger partial charge in [-0.2, -0.15) is 5.10 Å². The van der Waals surface area contributed by atoms with E-state index in [1.807, 2.05) is 35.0 Å². The van der Waals surface area contributed by atoms with Crippen molar-refractivity contribution >= 4 is 10.9 Å². The summed E-state index contributed by atoms with van der Waals surface area (Å²) in [5.41, 5.74) is 2.25. The summed E-state index contributed by atoms with van der Waals surface area (Å²) in [4.78, 5) is 0. The highest BCUT2D eigenvalue weighted by molar-refractivity contribution is 5.79. The number of hydrogen-bond donors (Lipinski definition) is 1. The lowest BCUT2D eigenvalue weighted by Crippen LogP contribution is -2.01. The molecule has 3 rings (SSSR count). The van der Waals surface area contributed by atoms with Gasteiger partial charge in [0.2, 0.25) is 0 Å². The van der Waals surface area contributed by atoms with Gasteiger partial charge >= 0.3 is 0 Å². The Labute approximate surface area is 109 Å². The zero-order chi connectivity index (χ0) is 13.2. The molecule has 0 spiro atoms. The molecule has 1 N–H and O–H groups in total. The molecule has 0 aliphatic rings. The molecule has 0 saturated carbocycles. The quantitative estimate of drug-likeness (QED) is 0.782. The summed E-state index contributed by atoms with van der Waals surface area (Å²) in [6.45, 7) is 0.319. The Hall–Kier alpha value is -2.20. The van der Waals surface area contributed by atoms with Gasteiger partial charge < -0.3 is 5.11 Å². The van der Waals surface area contributed by atoms with E-state index in [0.29, 0.717) is 12.1 Å². The number of aliphatic hydroxyl groups is 1. The first-order chi connectivity index (χ1) is 9.28. The van der Waals surface area contributed by atoms with Crippen molar-refractivity contribution in [2.24, 2.45) is 0 Å². The van der Waals surface area contributed by atoms with Gasteiger partial charge in [-0.05, 0) is 17.7 Å². The highest BCUT2D eigenvalue weighted by Gasteiger charge is 2.08. The van der Waals surface area contributed by atoms with Gasteiger partial charge in [-0.25, -0.2) is 4.39 Å². The number of fused-ring (bicyclic) bond motifs is 1. The number of halogens is 1. The smallest absolute Gasteiger partial charge is 0.129 e. The Kier molecular flexibility index (Phi) is 3.01. The van der Waals surface area contributed by atoms with E-state index < -0.39 is 5.82 Å². The zero-order valence-corrected chi connectivity index (χ0v) is 10.3. The molecular weight excluding hydrogens is 243 g/mol. The van der Waals surface area contributed by atoms with E-state index in [9.17, 15) is 4.39 Å². The number of benzene rings is 2. The molecule has 0 amide bonds. The zero-order valence-electron chi connectivity index (χ0n) is 10.3. The Morgan fingerprint density at radius 1 is 1.16 bits per heavy atom. The third kappa shape index (κ3) is 2.22. The van der Waals surface area contributed by atoms with Crippen LogP contribution in [0.4, 0.5) is 4.39 Å². The summed E-state index contributed by atoms with van der Waals surface area (Å²) in [7, 11) is 0. The van der Waals surface area contributed by atoms with Crippen LogP contribution in [-0.4, -0.2) is 14.9 Å². The molecule has 0 aliphatic carbocycles. The van der Waals surface area contributed by atoms with Crippen molar-refractivity contribution in [2.75, 3.05) is 0 Å². The van der Waals surface area contributed by atoms with E-state index in [4.69, 9.17) is 5.11 Å². The van der Waals surface area contributed by atoms with Crippen molar-refractivity contribution in [2.45, 2.75) is 13.2 Å².